The number of rotatable bonds is 2. The van der Waals surface area contributed by atoms with Gasteiger partial charge < -0.3 is 15.2 Å². The molecule has 1 aliphatic carbocycles. The number of Topliss-reactive ketones (excluding diaryl/α,β-unsaturated/α-hetero) is 1. The monoisotopic (exact) mass is 367 g/mol. The number of carbonyl (C=O) groups excluding carboxylic acids is 2. The molecule has 0 amide bonds. The van der Waals surface area contributed by atoms with Gasteiger partial charge in [0.25, 0.3) is 0 Å². The molecular weight excluding hydrogens is 351 g/mol. The predicted molar refractivity (Wildman–Crippen MR) is 84.4 cm³/mol. The number of hydrogen-bond donors (Lipinski definition) is 1. The highest BCUT2D eigenvalue weighted by Gasteiger charge is 2.42. The molecule has 1 aliphatic heterocycles. The van der Waals surface area contributed by atoms with Crippen LogP contribution in [0.25, 0.3) is 0 Å². The quantitative estimate of drug-likeness (QED) is 0.813. The van der Waals surface area contributed by atoms with Gasteiger partial charge in [0.05, 0.1) is 18.6 Å². The van der Waals surface area contributed by atoms with Crippen LogP contribution >= 0.6 is 0 Å². The van der Waals surface area contributed by atoms with Crippen molar-refractivity contribution in [1.82, 2.24) is 0 Å². The lowest BCUT2D eigenvalue weighted by molar-refractivity contribution is -0.137. The maximum atomic E-state index is 13.1. The van der Waals surface area contributed by atoms with E-state index in [9.17, 15) is 22.8 Å². The molecular formula is C18H16F3NO4. The van der Waals surface area contributed by atoms with Gasteiger partial charge in [-0.2, -0.15) is 13.2 Å². The molecule has 1 heterocycles. The molecule has 2 N–H and O–H groups in total. The second-order valence-electron chi connectivity index (χ2n) is 6.04. The van der Waals surface area contributed by atoms with E-state index in [1.807, 2.05) is 0 Å². The summed E-state index contributed by atoms with van der Waals surface area (Å²) in [5.41, 5.74) is 5.11. The van der Waals surface area contributed by atoms with Crippen LogP contribution in [-0.2, 0) is 25.2 Å². The van der Waals surface area contributed by atoms with Gasteiger partial charge in [0.1, 0.15) is 11.3 Å². The van der Waals surface area contributed by atoms with Crippen LogP contribution in [0.4, 0.5) is 13.2 Å². The lowest BCUT2D eigenvalue weighted by atomic mass is 9.77. The first-order chi connectivity index (χ1) is 12.2. The first-order valence-corrected chi connectivity index (χ1v) is 7.93. The van der Waals surface area contributed by atoms with Crippen LogP contribution in [0.2, 0.25) is 0 Å². The van der Waals surface area contributed by atoms with Crippen LogP contribution in [0.3, 0.4) is 0 Å². The van der Waals surface area contributed by atoms with Gasteiger partial charge in [-0.25, -0.2) is 4.79 Å². The Morgan fingerprint density at radius 3 is 2.69 bits per heavy atom. The zero-order chi connectivity index (χ0) is 19.1. The Balaban J connectivity index is 2.21. The largest absolute Gasteiger partial charge is 0.465 e. The molecule has 2 aliphatic rings. The molecule has 0 spiro atoms. The smallest absolute Gasteiger partial charge is 0.416 e. The summed E-state index contributed by atoms with van der Waals surface area (Å²) in [6.45, 7) is 0. The molecule has 0 bridgehead atoms. The Kier molecular flexibility index (Phi) is 4.52. The van der Waals surface area contributed by atoms with E-state index in [1.165, 1.54) is 12.1 Å². The Hall–Kier alpha value is -2.77. The number of alkyl halides is 3. The second-order valence-corrected chi connectivity index (χ2v) is 6.04. The molecule has 26 heavy (non-hydrogen) atoms. The van der Waals surface area contributed by atoms with E-state index in [-0.39, 0.29) is 34.8 Å². The van der Waals surface area contributed by atoms with Crippen molar-refractivity contribution in [2.45, 2.75) is 31.4 Å². The average molecular weight is 367 g/mol. The highest BCUT2D eigenvalue weighted by molar-refractivity contribution is 6.03. The van der Waals surface area contributed by atoms with Crippen LogP contribution in [0, 0.1) is 0 Å². The highest BCUT2D eigenvalue weighted by atomic mass is 19.4. The van der Waals surface area contributed by atoms with E-state index >= 15 is 0 Å². The van der Waals surface area contributed by atoms with Crippen LogP contribution in [0.5, 0.6) is 0 Å². The van der Waals surface area contributed by atoms with Gasteiger partial charge in [-0.3, -0.25) is 4.79 Å². The summed E-state index contributed by atoms with van der Waals surface area (Å²) in [5.74, 6) is -2.14. The third-order valence-electron chi connectivity index (χ3n) is 4.44. The number of hydrogen-bond acceptors (Lipinski definition) is 5. The summed E-state index contributed by atoms with van der Waals surface area (Å²) in [6.07, 6.45) is -3.36. The van der Waals surface area contributed by atoms with Crippen LogP contribution in [0.1, 0.15) is 36.3 Å². The van der Waals surface area contributed by atoms with Gasteiger partial charge >= 0.3 is 12.1 Å². The summed E-state index contributed by atoms with van der Waals surface area (Å²) in [7, 11) is 1.12. The molecule has 1 aromatic rings. The number of allylic oxidation sites excluding steroid dienone is 2. The summed E-state index contributed by atoms with van der Waals surface area (Å²) < 4.78 is 49.5. The molecule has 138 valence electrons. The third kappa shape index (κ3) is 3.07. The van der Waals surface area contributed by atoms with Crippen molar-refractivity contribution in [3.05, 3.63) is 58.2 Å². The summed E-state index contributed by atoms with van der Waals surface area (Å²) in [5, 5.41) is 0. The standard InChI is InChI=1S/C18H16F3NO4/c1-25-17(24)15-13(9-4-2-5-10(8-9)18(19,20)21)14-11(23)6-3-7-12(14)26-16(15)22/h2,4-5,8,13H,3,6-7,22H2,1H3. The SMILES string of the molecule is COC(=O)C1=C(N)OC2=C(C(=O)CCC2)C1c1cccc(C(F)(F)F)c1. The normalized spacial score (nSPS) is 20.6. The van der Waals surface area contributed by atoms with Crippen molar-refractivity contribution in [1.29, 1.82) is 0 Å². The zero-order valence-corrected chi connectivity index (χ0v) is 13.9. The van der Waals surface area contributed by atoms with Crippen molar-refractivity contribution in [3.8, 4) is 0 Å². The molecule has 0 radical (unpaired) electrons. The van der Waals surface area contributed by atoms with Gasteiger partial charge in [-0.1, -0.05) is 18.2 Å². The van der Waals surface area contributed by atoms with Crippen LogP contribution in [0.15, 0.2) is 47.1 Å². The van der Waals surface area contributed by atoms with Gasteiger partial charge in [-0.05, 0) is 18.1 Å². The van der Waals surface area contributed by atoms with Gasteiger partial charge in [0.15, 0.2) is 5.78 Å². The maximum Gasteiger partial charge on any atom is 0.416 e. The van der Waals surface area contributed by atoms with Crippen molar-refractivity contribution in [3.63, 3.8) is 0 Å². The van der Waals surface area contributed by atoms with Crippen molar-refractivity contribution in [2.75, 3.05) is 7.11 Å². The van der Waals surface area contributed by atoms with E-state index in [1.54, 1.807) is 0 Å². The highest BCUT2D eigenvalue weighted by Crippen LogP contribution is 2.44. The topological polar surface area (TPSA) is 78.6 Å². The second kappa shape index (κ2) is 6.51. The molecule has 1 atom stereocenters. The minimum atomic E-state index is -4.56. The van der Waals surface area contributed by atoms with Crippen LogP contribution < -0.4 is 5.73 Å². The Bertz CT molecular complexity index is 839. The Morgan fingerprint density at radius 1 is 1.31 bits per heavy atom. The van der Waals surface area contributed by atoms with Crippen LogP contribution in [-0.4, -0.2) is 18.9 Å². The van der Waals surface area contributed by atoms with Crippen molar-refractivity contribution >= 4 is 11.8 Å². The molecule has 3 rings (SSSR count). The molecule has 1 aromatic carbocycles. The minimum absolute atomic E-state index is 0.134. The number of benzene rings is 1. The molecule has 8 heteroatoms. The average Bonchev–Trinajstić information content (AvgIpc) is 2.59. The predicted octanol–water partition coefficient (Wildman–Crippen LogP) is 3.17. The molecule has 0 fully saturated rings. The molecule has 1 unspecified atom stereocenters. The lowest BCUT2D eigenvalue weighted by Gasteiger charge is -2.32. The zero-order valence-electron chi connectivity index (χ0n) is 13.9. The molecule has 5 nitrogen and oxygen atoms in total. The van der Waals surface area contributed by atoms with E-state index in [0.717, 1.165) is 19.2 Å². The first kappa shape index (κ1) is 18.0. The van der Waals surface area contributed by atoms with Crippen molar-refractivity contribution < 1.29 is 32.2 Å². The van der Waals surface area contributed by atoms with Crippen molar-refractivity contribution in [2.24, 2.45) is 5.73 Å². The van der Waals surface area contributed by atoms with E-state index in [0.29, 0.717) is 18.6 Å². The van der Waals surface area contributed by atoms with Gasteiger partial charge in [0, 0.05) is 18.4 Å². The number of ketones is 1. The van der Waals surface area contributed by atoms with Gasteiger partial charge in [-0.15, -0.1) is 0 Å². The van der Waals surface area contributed by atoms with E-state index in [2.05, 4.69) is 0 Å². The Labute approximate surface area is 147 Å². The molecule has 0 aromatic heterocycles. The number of carbonyl (C=O) groups is 2. The summed E-state index contributed by atoms with van der Waals surface area (Å²) in [4.78, 5) is 24.7. The first-order valence-electron chi connectivity index (χ1n) is 7.93. The number of methoxy groups -OCH3 is 1. The van der Waals surface area contributed by atoms with E-state index < -0.39 is 23.6 Å². The molecule has 0 saturated heterocycles. The fraction of sp³-hybridized carbons (Fsp3) is 0.333. The maximum absolute atomic E-state index is 13.1. The summed E-state index contributed by atoms with van der Waals surface area (Å²) >= 11 is 0. The summed E-state index contributed by atoms with van der Waals surface area (Å²) in [6, 6.07) is 4.49. The number of nitrogens with two attached hydrogens (primary N) is 1. The van der Waals surface area contributed by atoms with E-state index in [4.69, 9.17) is 15.2 Å². The number of ether oxygens (including phenoxy) is 2. The van der Waals surface area contributed by atoms with Gasteiger partial charge in [0.2, 0.25) is 5.88 Å². The Morgan fingerprint density at radius 2 is 2.04 bits per heavy atom. The number of halogens is 3. The minimum Gasteiger partial charge on any atom is -0.465 e. The fourth-order valence-corrected chi connectivity index (χ4v) is 3.29. The fourth-order valence-electron chi connectivity index (χ4n) is 3.29. The number of esters is 1. The molecule has 0 saturated carbocycles. The third-order valence-corrected chi connectivity index (χ3v) is 4.44. The lowest BCUT2D eigenvalue weighted by Crippen LogP contribution is -2.31.